The van der Waals surface area contributed by atoms with Gasteiger partial charge in [0, 0.05) is 26.2 Å². The SMILES string of the molecule is O=C(NCCN1CCCC1)Nc1ccc(N2CCOCC2)nc1. The Kier molecular flexibility index (Phi) is 5.65. The molecule has 0 spiro atoms. The molecule has 7 nitrogen and oxygen atoms in total. The van der Waals surface area contributed by atoms with Gasteiger partial charge in [-0.3, -0.25) is 0 Å². The number of anilines is 2. The van der Waals surface area contributed by atoms with E-state index in [2.05, 4.69) is 25.4 Å². The summed E-state index contributed by atoms with van der Waals surface area (Å²) in [6.45, 7) is 7.08. The summed E-state index contributed by atoms with van der Waals surface area (Å²) in [6, 6.07) is 3.65. The molecule has 2 saturated heterocycles. The van der Waals surface area contributed by atoms with Crippen molar-refractivity contribution >= 4 is 17.5 Å². The van der Waals surface area contributed by atoms with E-state index in [0.29, 0.717) is 12.2 Å². The molecule has 0 unspecified atom stereocenters. The molecule has 3 heterocycles. The van der Waals surface area contributed by atoms with Gasteiger partial charge < -0.3 is 25.2 Å². The second kappa shape index (κ2) is 8.12. The Morgan fingerprint density at radius 1 is 1.17 bits per heavy atom. The number of ether oxygens (including phenoxy) is 1. The highest BCUT2D eigenvalue weighted by atomic mass is 16.5. The van der Waals surface area contributed by atoms with Crippen molar-refractivity contribution in [3.05, 3.63) is 18.3 Å². The number of likely N-dealkylation sites (tertiary alicyclic amines) is 1. The molecule has 3 rings (SSSR count). The van der Waals surface area contributed by atoms with Crippen molar-refractivity contribution in [1.29, 1.82) is 0 Å². The number of aromatic nitrogens is 1. The third-order valence-corrected chi connectivity index (χ3v) is 4.25. The maximum absolute atomic E-state index is 11.9. The van der Waals surface area contributed by atoms with Crippen LogP contribution in [0.2, 0.25) is 0 Å². The number of hydrogen-bond acceptors (Lipinski definition) is 5. The summed E-state index contributed by atoms with van der Waals surface area (Å²) in [5.41, 5.74) is 0.709. The van der Waals surface area contributed by atoms with Crippen molar-refractivity contribution in [3.8, 4) is 0 Å². The van der Waals surface area contributed by atoms with Gasteiger partial charge in [-0.25, -0.2) is 9.78 Å². The minimum atomic E-state index is -0.176. The van der Waals surface area contributed by atoms with Crippen molar-refractivity contribution in [2.75, 3.05) is 62.7 Å². The smallest absolute Gasteiger partial charge is 0.319 e. The molecule has 0 atom stereocenters. The van der Waals surface area contributed by atoms with Crippen LogP contribution in [0.1, 0.15) is 12.8 Å². The minimum absolute atomic E-state index is 0.176. The van der Waals surface area contributed by atoms with Gasteiger partial charge in [0.05, 0.1) is 25.1 Å². The first-order chi connectivity index (χ1) is 11.3. The lowest BCUT2D eigenvalue weighted by molar-refractivity contribution is 0.122. The summed E-state index contributed by atoms with van der Waals surface area (Å²) < 4.78 is 5.33. The number of carbonyl (C=O) groups excluding carboxylic acids is 1. The number of amides is 2. The van der Waals surface area contributed by atoms with Gasteiger partial charge in [0.15, 0.2) is 0 Å². The minimum Gasteiger partial charge on any atom is -0.378 e. The number of pyridine rings is 1. The van der Waals surface area contributed by atoms with E-state index < -0.39 is 0 Å². The van der Waals surface area contributed by atoms with Gasteiger partial charge in [0.2, 0.25) is 0 Å². The van der Waals surface area contributed by atoms with E-state index in [1.54, 1.807) is 6.20 Å². The average molecular weight is 319 g/mol. The van der Waals surface area contributed by atoms with E-state index in [1.807, 2.05) is 12.1 Å². The summed E-state index contributed by atoms with van der Waals surface area (Å²) in [4.78, 5) is 20.9. The highest BCUT2D eigenvalue weighted by Gasteiger charge is 2.13. The van der Waals surface area contributed by atoms with E-state index in [9.17, 15) is 4.79 Å². The molecule has 2 aliphatic heterocycles. The molecule has 0 saturated carbocycles. The summed E-state index contributed by atoms with van der Waals surface area (Å²) in [5, 5.41) is 5.71. The first-order valence-corrected chi connectivity index (χ1v) is 8.37. The maximum Gasteiger partial charge on any atom is 0.319 e. The highest BCUT2D eigenvalue weighted by molar-refractivity contribution is 5.89. The number of rotatable bonds is 5. The molecule has 7 heteroatoms. The van der Waals surface area contributed by atoms with Crippen LogP contribution in [0.4, 0.5) is 16.3 Å². The zero-order chi connectivity index (χ0) is 15.9. The van der Waals surface area contributed by atoms with Gasteiger partial charge in [-0.05, 0) is 38.1 Å². The van der Waals surface area contributed by atoms with E-state index in [-0.39, 0.29) is 6.03 Å². The molecule has 2 amide bonds. The Balaban J connectivity index is 1.41. The largest absolute Gasteiger partial charge is 0.378 e. The molecule has 0 aromatic carbocycles. The van der Waals surface area contributed by atoms with Gasteiger partial charge in [-0.15, -0.1) is 0 Å². The molecule has 1 aromatic rings. The van der Waals surface area contributed by atoms with Crippen molar-refractivity contribution < 1.29 is 9.53 Å². The predicted molar refractivity (Wildman–Crippen MR) is 90.0 cm³/mol. The normalized spacial score (nSPS) is 18.9. The lowest BCUT2D eigenvalue weighted by Crippen LogP contribution is -2.37. The number of nitrogens with one attached hydrogen (secondary N) is 2. The van der Waals surface area contributed by atoms with Crippen LogP contribution < -0.4 is 15.5 Å². The first-order valence-electron chi connectivity index (χ1n) is 8.37. The van der Waals surface area contributed by atoms with Gasteiger partial charge >= 0.3 is 6.03 Å². The van der Waals surface area contributed by atoms with Crippen molar-refractivity contribution in [2.24, 2.45) is 0 Å². The highest BCUT2D eigenvalue weighted by Crippen LogP contribution is 2.15. The number of nitrogens with zero attached hydrogens (tertiary/aromatic N) is 3. The standard InChI is InChI=1S/C16H25N5O2/c22-16(17-5-8-20-6-1-2-7-20)19-14-3-4-15(18-13-14)21-9-11-23-12-10-21/h3-4,13H,1-2,5-12H2,(H2,17,19,22). The van der Waals surface area contributed by atoms with E-state index in [4.69, 9.17) is 4.74 Å². The van der Waals surface area contributed by atoms with Crippen LogP contribution in [0.25, 0.3) is 0 Å². The monoisotopic (exact) mass is 319 g/mol. The maximum atomic E-state index is 11.9. The van der Waals surface area contributed by atoms with E-state index >= 15 is 0 Å². The molecule has 0 aliphatic carbocycles. The summed E-state index contributed by atoms with van der Waals surface area (Å²) in [5.74, 6) is 0.924. The van der Waals surface area contributed by atoms with Crippen molar-refractivity contribution in [1.82, 2.24) is 15.2 Å². The van der Waals surface area contributed by atoms with Gasteiger partial charge in [0.1, 0.15) is 5.82 Å². The molecule has 2 aliphatic rings. The van der Waals surface area contributed by atoms with Gasteiger partial charge in [-0.2, -0.15) is 0 Å². The third kappa shape index (κ3) is 4.80. The average Bonchev–Trinajstić information content (AvgIpc) is 3.10. The Labute approximate surface area is 137 Å². The molecule has 23 heavy (non-hydrogen) atoms. The van der Waals surface area contributed by atoms with E-state index in [0.717, 1.165) is 51.8 Å². The molecule has 126 valence electrons. The van der Waals surface area contributed by atoms with Crippen LogP contribution in [0.3, 0.4) is 0 Å². The zero-order valence-electron chi connectivity index (χ0n) is 13.5. The lowest BCUT2D eigenvalue weighted by atomic mass is 10.3. The number of carbonyl (C=O) groups is 1. The summed E-state index contributed by atoms with van der Waals surface area (Å²) in [7, 11) is 0. The fraction of sp³-hybridized carbons (Fsp3) is 0.625. The fourth-order valence-electron chi connectivity index (χ4n) is 2.95. The molecular weight excluding hydrogens is 294 g/mol. The van der Waals surface area contributed by atoms with Crippen LogP contribution in [0, 0.1) is 0 Å². The van der Waals surface area contributed by atoms with E-state index in [1.165, 1.54) is 12.8 Å². The number of hydrogen-bond donors (Lipinski definition) is 2. The molecule has 0 bridgehead atoms. The predicted octanol–water partition coefficient (Wildman–Crippen LogP) is 1.14. The Bertz CT molecular complexity index is 496. The fourth-order valence-corrected chi connectivity index (χ4v) is 2.95. The second-order valence-corrected chi connectivity index (χ2v) is 5.93. The van der Waals surface area contributed by atoms with Crippen LogP contribution in [-0.4, -0.2) is 68.4 Å². The lowest BCUT2D eigenvalue weighted by Gasteiger charge is -2.27. The quantitative estimate of drug-likeness (QED) is 0.851. The van der Waals surface area contributed by atoms with Gasteiger partial charge in [-0.1, -0.05) is 0 Å². The Morgan fingerprint density at radius 3 is 2.65 bits per heavy atom. The Hall–Kier alpha value is -1.86. The third-order valence-electron chi connectivity index (χ3n) is 4.25. The van der Waals surface area contributed by atoms with Crippen LogP contribution in [0.15, 0.2) is 18.3 Å². The first kappa shape index (κ1) is 16.0. The van der Waals surface area contributed by atoms with Crippen molar-refractivity contribution in [2.45, 2.75) is 12.8 Å². The van der Waals surface area contributed by atoms with Crippen LogP contribution in [0.5, 0.6) is 0 Å². The molecule has 0 radical (unpaired) electrons. The molecule has 1 aromatic heterocycles. The molecular formula is C16H25N5O2. The zero-order valence-corrected chi connectivity index (χ0v) is 13.5. The molecule has 2 fully saturated rings. The van der Waals surface area contributed by atoms with Crippen molar-refractivity contribution in [3.63, 3.8) is 0 Å². The number of morpholine rings is 1. The summed E-state index contributed by atoms with van der Waals surface area (Å²) in [6.07, 6.45) is 4.24. The van der Waals surface area contributed by atoms with Gasteiger partial charge in [0.25, 0.3) is 0 Å². The summed E-state index contributed by atoms with van der Waals surface area (Å²) >= 11 is 0. The topological polar surface area (TPSA) is 69.7 Å². The van der Waals surface area contributed by atoms with Crippen LogP contribution in [-0.2, 0) is 4.74 Å². The Morgan fingerprint density at radius 2 is 1.96 bits per heavy atom. The number of urea groups is 1. The second-order valence-electron chi connectivity index (χ2n) is 5.93. The molecule has 2 N–H and O–H groups in total. The van der Waals surface area contributed by atoms with Crippen LogP contribution >= 0.6 is 0 Å².